The molecule has 1 aliphatic rings. The van der Waals surface area contributed by atoms with Crippen molar-refractivity contribution in [3.63, 3.8) is 0 Å². The molecule has 0 aromatic heterocycles. The first-order valence-corrected chi connectivity index (χ1v) is 10.1. The molecule has 2 unspecified atom stereocenters. The van der Waals surface area contributed by atoms with E-state index in [2.05, 4.69) is 29.7 Å². The van der Waals surface area contributed by atoms with Gasteiger partial charge in [-0.25, -0.2) is 4.79 Å². The SMILES string of the molecule is CCCCNC(=O)N1CC(C(=O)Nc2ccccc2)CCC1c1ccccc1. The molecule has 0 aliphatic carbocycles. The standard InChI is InChI=1S/C23H29N3O2/c1-2-3-16-24-23(28)26-17-19(22(27)25-20-12-8-5-9-13-20)14-15-21(26)18-10-6-4-7-11-18/h4-13,19,21H,2-3,14-17H2,1H3,(H,24,28)(H,25,27). The maximum absolute atomic E-state index is 12.9. The largest absolute Gasteiger partial charge is 0.338 e. The van der Waals surface area contributed by atoms with Crippen molar-refractivity contribution < 1.29 is 9.59 Å². The van der Waals surface area contributed by atoms with Gasteiger partial charge in [0.2, 0.25) is 5.91 Å². The number of nitrogens with one attached hydrogen (secondary N) is 2. The third-order valence-electron chi connectivity index (χ3n) is 5.25. The molecule has 5 heteroatoms. The molecule has 0 bridgehead atoms. The topological polar surface area (TPSA) is 61.4 Å². The number of likely N-dealkylation sites (tertiary alicyclic amines) is 1. The van der Waals surface area contributed by atoms with Gasteiger partial charge in [0.25, 0.3) is 0 Å². The highest BCUT2D eigenvalue weighted by Gasteiger charge is 2.35. The number of rotatable bonds is 6. The maximum atomic E-state index is 12.9. The molecule has 3 amide bonds. The Morgan fingerprint density at radius 1 is 1.00 bits per heavy atom. The van der Waals surface area contributed by atoms with Gasteiger partial charge in [-0.2, -0.15) is 0 Å². The van der Waals surface area contributed by atoms with Crippen LogP contribution in [0.15, 0.2) is 60.7 Å². The van der Waals surface area contributed by atoms with Crippen LogP contribution in [-0.4, -0.2) is 29.9 Å². The summed E-state index contributed by atoms with van der Waals surface area (Å²) in [7, 11) is 0. The number of benzene rings is 2. The number of piperidine rings is 1. The van der Waals surface area contributed by atoms with Gasteiger partial charge in [-0.1, -0.05) is 61.9 Å². The summed E-state index contributed by atoms with van der Waals surface area (Å²) in [5.41, 5.74) is 1.91. The molecule has 148 valence electrons. The van der Waals surface area contributed by atoms with Gasteiger partial charge in [-0.15, -0.1) is 0 Å². The molecule has 2 aromatic rings. The monoisotopic (exact) mass is 379 g/mol. The number of carbonyl (C=O) groups is 2. The average molecular weight is 380 g/mol. The van der Waals surface area contributed by atoms with Crippen LogP contribution in [0, 0.1) is 5.92 Å². The average Bonchev–Trinajstić information content (AvgIpc) is 2.74. The Labute approximate surface area is 167 Å². The third-order valence-corrected chi connectivity index (χ3v) is 5.25. The summed E-state index contributed by atoms with van der Waals surface area (Å²) >= 11 is 0. The van der Waals surface area contributed by atoms with E-state index in [1.54, 1.807) is 0 Å². The Balaban J connectivity index is 1.71. The lowest BCUT2D eigenvalue weighted by Gasteiger charge is -2.39. The molecule has 0 radical (unpaired) electrons. The molecule has 1 aliphatic heterocycles. The molecule has 28 heavy (non-hydrogen) atoms. The number of unbranched alkanes of at least 4 members (excludes halogenated alkanes) is 1. The van der Waals surface area contributed by atoms with Gasteiger partial charge in [-0.3, -0.25) is 4.79 Å². The summed E-state index contributed by atoms with van der Waals surface area (Å²) in [4.78, 5) is 27.5. The quantitative estimate of drug-likeness (QED) is 0.721. The highest BCUT2D eigenvalue weighted by Crippen LogP contribution is 2.34. The molecule has 3 rings (SSSR count). The minimum atomic E-state index is -0.211. The Bertz CT molecular complexity index is 764. The number of anilines is 1. The highest BCUT2D eigenvalue weighted by atomic mass is 16.2. The normalized spacial score (nSPS) is 19.1. The van der Waals surface area contributed by atoms with Crippen LogP contribution in [0.5, 0.6) is 0 Å². The molecule has 1 saturated heterocycles. The summed E-state index contributed by atoms with van der Waals surface area (Å²) in [6.45, 7) is 3.19. The highest BCUT2D eigenvalue weighted by molar-refractivity contribution is 5.93. The lowest BCUT2D eigenvalue weighted by Crippen LogP contribution is -2.49. The molecule has 0 spiro atoms. The van der Waals surface area contributed by atoms with E-state index < -0.39 is 0 Å². The summed E-state index contributed by atoms with van der Waals surface area (Å²) in [5, 5.41) is 6.00. The van der Waals surface area contributed by atoms with Crippen molar-refractivity contribution in [2.24, 2.45) is 5.92 Å². The van der Waals surface area contributed by atoms with Gasteiger partial charge in [0.05, 0.1) is 12.0 Å². The van der Waals surface area contributed by atoms with Crippen LogP contribution >= 0.6 is 0 Å². The van der Waals surface area contributed by atoms with Crippen LogP contribution in [0.25, 0.3) is 0 Å². The molecule has 2 atom stereocenters. The van der Waals surface area contributed by atoms with Crippen molar-refractivity contribution in [3.05, 3.63) is 66.2 Å². The zero-order valence-corrected chi connectivity index (χ0v) is 16.4. The number of hydrogen-bond acceptors (Lipinski definition) is 2. The third kappa shape index (κ3) is 5.12. The second-order valence-corrected chi connectivity index (χ2v) is 7.29. The van der Waals surface area contributed by atoms with Crippen LogP contribution < -0.4 is 10.6 Å². The van der Waals surface area contributed by atoms with Crippen LogP contribution in [0.3, 0.4) is 0 Å². The minimum absolute atomic E-state index is 0.00334. The Kier molecular flexibility index (Phi) is 7.06. The van der Waals surface area contributed by atoms with Crippen molar-refractivity contribution in [1.82, 2.24) is 10.2 Å². The van der Waals surface area contributed by atoms with Crippen molar-refractivity contribution >= 4 is 17.6 Å². The van der Waals surface area contributed by atoms with Gasteiger partial charge < -0.3 is 15.5 Å². The fraction of sp³-hybridized carbons (Fsp3) is 0.391. The zero-order valence-electron chi connectivity index (χ0n) is 16.4. The van der Waals surface area contributed by atoms with Crippen LogP contribution in [0.4, 0.5) is 10.5 Å². The second-order valence-electron chi connectivity index (χ2n) is 7.29. The smallest absolute Gasteiger partial charge is 0.317 e. The first-order valence-electron chi connectivity index (χ1n) is 10.1. The molecule has 1 heterocycles. The predicted octanol–water partition coefficient (Wildman–Crippen LogP) is 4.59. The lowest BCUT2D eigenvalue weighted by molar-refractivity contribution is -0.121. The number of amides is 3. The van der Waals surface area contributed by atoms with Gasteiger partial charge in [0.15, 0.2) is 0 Å². The molecular weight excluding hydrogens is 350 g/mol. The number of para-hydroxylation sites is 1. The molecule has 2 aromatic carbocycles. The van der Waals surface area contributed by atoms with E-state index in [0.29, 0.717) is 13.1 Å². The first kappa shape index (κ1) is 19.9. The van der Waals surface area contributed by atoms with Crippen molar-refractivity contribution in [3.8, 4) is 0 Å². The van der Waals surface area contributed by atoms with E-state index in [-0.39, 0.29) is 23.9 Å². The number of carbonyl (C=O) groups excluding carboxylic acids is 2. The summed E-state index contributed by atoms with van der Waals surface area (Å²) in [5.74, 6) is -0.235. The van der Waals surface area contributed by atoms with E-state index in [1.165, 1.54) is 0 Å². The summed E-state index contributed by atoms with van der Waals surface area (Å²) in [6, 6.07) is 19.5. The van der Waals surface area contributed by atoms with Gasteiger partial charge in [0, 0.05) is 18.8 Å². The molecule has 0 saturated carbocycles. The summed E-state index contributed by atoms with van der Waals surface area (Å²) in [6.07, 6.45) is 3.52. The van der Waals surface area contributed by atoms with E-state index in [1.807, 2.05) is 53.4 Å². The zero-order chi connectivity index (χ0) is 19.8. The van der Waals surface area contributed by atoms with E-state index in [4.69, 9.17) is 0 Å². The molecular formula is C23H29N3O2. The van der Waals surface area contributed by atoms with E-state index in [9.17, 15) is 9.59 Å². The van der Waals surface area contributed by atoms with Crippen LogP contribution in [0.2, 0.25) is 0 Å². The van der Waals surface area contributed by atoms with Crippen molar-refractivity contribution in [2.45, 2.75) is 38.6 Å². The van der Waals surface area contributed by atoms with Crippen LogP contribution in [-0.2, 0) is 4.79 Å². The first-order chi connectivity index (χ1) is 13.7. The van der Waals surface area contributed by atoms with Crippen molar-refractivity contribution in [1.29, 1.82) is 0 Å². The van der Waals surface area contributed by atoms with Crippen molar-refractivity contribution in [2.75, 3.05) is 18.4 Å². The maximum Gasteiger partial charge on any atom is 0.317 e. The van der Waals surface area contributed by atoms with Gasteiger partial charge in [-0.05, 0) is 37.0 Å². The fourth-order valence-corrected chi connectivity index (χ4v) is 3.67. The minimum Gasteiger partial charge on any atom is -0.338 e. The van der Waals surface area contributed by atoms with E-state index in [0.717, 1.165) is 36.9 Å². The number of urea groups is 1. The molecule has 5 nitrogen and oxygen atoms in total. The molecule has 2 N–H and O–H groups in total. The number of nitrogens with zero attached hydrogens (tertiary/aromatic N) is 1. The predicted molar refractivity (Wildman–Crippen MR) is 112 cm³/mol. The second kappa shape index (κ2) is 9.93. The van der Waals surface area contributed by atoms with E-state index >= 15 is 0 Å². The van der Waals surface area contributed by atoms with Gasteiger partial charge in [0.1, 0.15) is 0 Å². The van der Waals surface area contributed by atoms with Crippen LogP contribution in [0.1, 0.15) is 44.2 Å². The lowest BCUT2D eigenvalue weighted by atomic mass is 9.88. The number of hydrogen-bond donors (Lipinski definition) is 2. The Morgan fingerprint density at radius 3 is 2.36 bits per heavy atom. The summed E-state index contributed by atoms with van der Waals surface area (Å²) < 4.78 is 0. The fourth-order valence-electron chi connectivity index (χ4n) is 3.67. The Hall–Kier alpha value is -2.82. The molecule has 1 fully saturated rings. The van der Waals surface area contributed by atoms with Gasteiger partial charge >= 0.3 is 6.03 Å². The Morgan fingerprint density at radius 2 is 1.68 bits per heavy atom.